The first-order valence-corrected chi connectivity index (χ1v) is 13.8. The van der Waals surface area contributed by atoms with E-state index in [4.69, 9.17) is 18.8 Å². The third kappa shape index (κ3) is 6.93. The number of rotatable bonds is 13. The minimum atomic E-state index is -3.31. The predicted octanol–water partition coefficient (Wildman–Crippen LogP) is 5.70. The van der Waals surface area contributed by atoms with Crippen LogP contribution in [-0.4, -0.2) is 39.2 Å². The van der Waals surface area contributed by atoms with Crippen molar-refractivity contribution in [2.45, 2.75) is 56.7 Å². The van der Waals surface area contributed by atoms with E-state index < -0.39 is 7.60 Å². The number of pyridine rings is 1. The minimum Gasteiger partial charge on any atom is -0.481 e. The van der Waals surface area contributed by atoms with Gasteiger partial charge in [0.25, 0.3) is 0 Å². The Bertz CT molecular complexity index is 1100. The van der Waals surface area contributed by atoms with Crippen LogP contribution in [0, 0.1) is 0 Å². The minimum absolute atomic E-state index is 0.154. The van der Waals surface area contributed by atoms with Gasteiger partial charge in [-0.2, -0.15) is 0 Å². The van der Waals surface area contributed by atoms with Crippen LogP contribution in [0.4, 0.5) is 0 Å². The monoisotopic (exact) mass is 505 g/mol. The van der Waals surface area contributed by atoms with Crippen LogP contribution < -0.4 is 4.74 Å². The van der Waals surface area contributed by atoms with Crippen molar-refractivity contribution in [1.29, 1.82) is 0 Å². The van der Waals surface area contributed by atoms with Crippen LogP contribution in [0.5, 0.6) is 5.75 Å². The van der Waals surface area contributed by atoms with E-state index in [-0.39, 0.29) is 32.1 Å². The van der Waals surface area contributed by atoms with Gasteiger partial charge in [-0.05, 0) is 55.7 Å². The molecule has 0 aliphatic heterocycles. The smallest absolute Gasteiger partial charge is 0.367 e. The number of aromatic nitrogens is 3. The molecule has 1 N–H and O–H groups in total. The second-order valence-electron chi connectivity index (χ2n) is 7.77. The highest BCUT2D eigenvalue weighted by Gasteiger charge is 2.25. The van der Waals surface area contributed by atoms with Crippen molar-refractivity contribution in [2.24, 2.45) is 0 Å². The first-order chi connectivity index (χ1) is 16.4. The number of benzene rings is 1. The fraction of sp³-hybridized carbons (Fsp3) is 0.417. The first-order valence-electron chi connectivity index (χ1n) is 11.3. The number of imidazole rings is 1. The van der Waals surface area contributed by atoms with Gasteiger partial charge >= 0.3 is 7.60 Å². The van der Waals surface area contributed by atoms with Gasteiger partial charge in [0.15, 0.2) is 6.35 Å². The zero-order chi connectivity index (χ0) is 24.6. The SMILES string of the molecule is CCOP(=O)(COc1cccc(Sc2c(C(C)C)nc(CO)n2Cc2ccncc2)c1)OCC. The van der Waals surface area contributed by atoms with Crippen LogP contribution in [0.15, 0.2) is 58.7 Å². The highest BCUT2D eigenvalue weighted by molar-refractivity contribution is 7.99. The average Bonchev–Trinajstić information content (AvgIpc) is 3.16. The molecule has 0 saturated heterocycles. The maximum Gasteiger partial charge on any atom is 0.367 e. The summed E-state index contributed by atoms with van der Waals surface area (Å²) in [4.78, 5) is 9.75. The van der Waals surface area contributed by atoms with Gasteiger partial charge in [0.1, 0.15) is 23.2 Å². The van der Waals surface area contributed by atoms with Crippen molar-refractivity contribution in [3.05, 3.63) is 65.9 Å². The molecule has 0 fully saturated rings. The highest BCUT2D eigenvalue weighted by atomic mass is 32.2. The molecule has 0 aliphatic carbocycles. The molecule has 34 heavy (non-hydrogen) atoms. The second-order valence-corrected chi connectivity index (χ2v) is 10.8. The molecule has 0 bridgehead atoms. The summed E-state index contributed by atoms with van der Waals surface area (Å²) in [6.45, 7) is 8.69. The Hall–Kier alpha value is -2.16. The Kier molecular flexibility index (Phi) is 9.74. The standard InChI is InChI=1S/C24H32N3O5PS/c1-5-31-33(29,32-6-2)17-30-20-8-7-9-21(14-20)34-24-23(18(3)4)26-22(16-28)27(24)15-19-10-12-25-13-11-19/h7-14,18,28H,5-6,15-17H2,1-4H3. The summed E-state index contributed by atoms with van der Waals surface area (Å²) in [5.74, 6) is 1.36. The molecule has 0 unspecified atom stereocenters. The topological polar surface area (TPSA) is 95.7 Å². The van der Waals surface area contributed by atoms with Crippen molar-refractivity contribution in [1.82, 2.24) is 14.5 Å². The van der Waals surface area contributed by atoms with E-state index in [2.05, 4.69) is 18.8 Å². The van der Waals surface area contributed by atoms with Crippen molar-refractivity contribution >= 4 is 19.4 Å². The van der Waals surface area contributed by atoms with E-state index in [1.807, 2.05) is 41.0 Å². The van der Waals surface area contributed by atoms with Crippen LogP contribution in [0.1, 0.15) is 50.7 Å². The molecule has 2 aromatic heterocycles. The average molecular weight is 506 g/mol. The summed E-state index contributed by atoms with van der Waals surface area (Å²) in [5, 5.41) is 10.9. The lowest BCUT2D eigenvalue weighted by atomic mass is 10.1. The molecule has 1 aromatic carbocycles. The largest absolute Gasteiger partial charge is 0.481 e. The van der Waals surface area contributed by atoms with Gasteiger partial charge in [0, 0.05) is 17.3 Å². The van der Waals surface area contributed by atoms with Gasteiger partial charge in [-0.3, -0.25) is 9.55 Å². The summed E-state index contributed by atoms with van der Waals surface area (Å²) >= 11 is 1.55. The quantitative estimate of drug-likeness (QED) is 0.296. The van der Waals surface area contributed by atoms with E-state index in [9.17, 15) is 9.67 Å². The number of ether oxygens (including phenoxy) is 1. The first kappa shape index (κ1) is 26.4. The van der Waals surface area contributed by atoms with E-state index in [1.165, 1.54) is 0 Å². The molecule has 0 aliphatic rings. The van der Waals surface area contributed by atoms with Crippen molar-refractivity contribution < 1.29 is 23.5 Å². The Morgan fingerprint density at radius 2 is 1.82 bits per heavy atom. The number of hydrogen-bond donors (Lipinski definition) is 1. The highest BCUT2D eigenvalue weighted by Crippen LogP contribution is 2.48. The fourth-order valence-corrected chi connectivity index (χ4v) is 5.87. The number of aliphatic hydroxyl groups is 1. The van der Waals surface area contributed by atoms with E-state index in [0.29, 0.717) is 18.1 Å². The van der Waals surface area contributed by atoms with Crippen molar-refractivity contribution in [3.8, 4) is 5.75 Å². The van der Waals surface area contributed by atoms with Crippen LogP contribution in [0.3, 0.4) is 0 Å². The zero-order valence-corrected chi connectivity index (χ0v) is 21.7. The van der Waals surface area contributed by atoms with Gasteiger partial charge in [-0.25, -0.2) is 4.98 Å². The van der Waals surface area contributed by atoms with Crippen LogP contribution in [0.2, 0.25) is 0 Å². The maximum absolute atomic E-state index is 12.7. The Labute approximate surface area is 205 Å². The lowest BCUT2D eigenvalue weighted by Crippen LogP contribution is -2.07. The number of aliphatic hydroxyl groups excluding tert-OH is 1. The van der Waals surface area contributed by atoms with E-state index in [0.717, 1.165) is 21.2 Å². The molecule has 0 atom stereocenters. The number of hydrogen-bond acceptors (Lipinski definition) is 8. The predicted molar refractivity (Wildman–Crippen MR) is 132 cm³/mol. The molecular formula is C24H32N3O5PS. The Morgan fingerprint density at radius 1 is 1.12 bits per heavy atom. The lowest BCUT2D eigenvalue weighted by molar-refractivity contribution is 0.197. The van der Waals surface area contributed by atoms with Gasteiger partial charge in [0.2, 0.25) is 0 Å². The van der Waals surface area contributed by atoms with Gasteiger partial charge < -0.3 is 23.5 Å². The summed E-state index contributed by atoms with van der Waals surface area (Å²) in [7, 11) is -3.31. The second kappa shape index (κ2) is 12.5. The Balaban J connectivity index is 1.87. The molecule has 10 heteroatoms. The third-order valence-electron chi connectivity index (χ3n) is 4.86. The fourth-order valence-electron chi connectivity index (χ4n) is 3.34. The molecule has 0 saturated carbocycles. The molecule has 2 heterocycles. The molecule has 3 rings (SSSR count). The van der Waals surface area contributed by atoms with Gasteiger partial charge in [-0.1, -0.05) is 31.7 Å². The lowest BCUT2D eigenvalue weighted by Gasteiger charge is -2.18. The van der Waals surface area contributed by atoms with Gasteiger partial charge in [0.05, 0.1) is 25.5 Å². The molecule has 0 spiro atoms. The summed E-state index contributed by atoms with van der Waals surface area (Å²) < 4.78 is 31.2. The van der Waals surface area contributed by atoms with Crippen molar-refractivity contribution in [2.75, 3.05) is 19.6 Å². The van der Waals surface area contributed by atoms with Crippen LogP contribution >= 0.6 is 19.4 Å². The third-order valence-corrected chi connectivity index (χ3v) is 7.73. The van der Waals surface area contributed by atoms with E-state index >= 15 is 0 Å². The summed E-state index contributed by atoms with van der Waals surface area (Å²) in [6, 6.07) is 11.5. The molecule has 0 radical (unpaired) electrons. The maximum atomic E-state index is 12.7. The normalized spacial score (nSPS) is 11.8. The van der Waals surface area contributed by atoms with E-state index in [1.54, 1.807) is 38.0 Å². The van der Waals surface area contributed by atoms with Crippen molar-refractivity contribution in [3.63, 3.8) is 0 Å². The van der Waals surface area contributed by atoms with Crippen LogP contribution in [0.25, 0.3) is 0 Å². The van der Waals surface area contributed by atoms with Crippen LogP contribution in [-0.2, 0) is 26.8 Å². The van der Waals surface area contributed by atoms with Gasteiger partial charge in [-0.15, -0.1) is 0 Å². The molecule has 184 valence electrons. The zero-order valence-electron chi connectivity index (χ0n) is 20.0. The number of nitrogens with zero attached hydrogens (tertiary/aromatic N) is 3. The summed E-state index contributed by atoms with van der Waals surface area (Å²) in [5.41, 5.74) is 1.99. The Morgan fingerprint density at radius 3 is 2.44 bits per heavy atom. The summed E-state index contributed by atoms with van der Waals surface area (Å²) in [6.07, 6.45) is 3.35. The molecule has 3 aromatic rings. The molecular weight excluding hydrogens is 473 g/mol. The molecule has 0 amide bonds. The molecule has 8 nitrogen and oxygen atoms in total.